The highest BCUT2D eigenvalue weighted by Gasteiger charge is 2.11. The molecule has 4 heteroatoms. The van der Waals surface area contributed by atoms with E-state index in [0.717, 1.165) is 12.1 Å². The Hall–Kier alpha value is -2.04. The fourth-order valence-electron chi connectivity index (χ4n) is 2.24. The molecule has 0 bridgehead atoms. The molecule has 0 radical (unpaired) electrons. The van der Waals surface area contributed by atoms with Gasteiger partial charge in [0.2, 0.25) is 0 Å². The Morgan fingerprint density at radius 2 is 1.68 bits per heavy atom. The van der Waals surface area contributed by atoms with E-state index in [4.69, 9.17) is 9.47 Å². The molecule has 0 fully saturated rings. The van der Waals surface area contributed by atoms with Crippen LogP contribution in [0.2, 0.25) is 0 Å². The maximum atomic E-state index is 10.3. The number of aliphatic hydroxyl groups excluding tert-OH is 1. The molecule has 118 valence electrons. The van der Waals surface area contributed by atoms with Crippen molar-refractivity contribution >= 4 is 0 Å². The molecule has 0 heterocycles. The summed E-state index contributed by atoms with van der Waals surface area (Å²) in [6.45, 7) is 3.27. The van der Waals surface area contributed by atoms with Crippen LogP contribution in [0.1, 0.15) is 22.8 Å². The van der Waals surface area contributed by atoms with E-state index in [9.17, 15) is 5.11 Å². The molecule has 0 saturated heterocycles. The van der Waals surface area contributed by atoms with Gasteiger partial charge in [0.25, 0.3) is 0 Å². The van der Waals surface area contributed by atoms with Crippen LogP contribution in [0, 0.1) is 6.92 Å². The normalized spacial score (nSPS) is 12.0. The van der Waals surface area contributed by atoms with Gasteiger partial charge in [-0.05, 0) is 30.2 Å². The molecule has 0 spiro atoms. The number of aryl methyl sites for hydroxylation is 1. The van der Waals surface area contributed by atoms with Gasteiger partial charge in [-0.25, -0.2) is 0 Å². The molecule has 4 nitrogen and oxygen atoms in total. The SMILES string of the molecule is COc1ccc(C(O)CNCc2ccc(C)cc2)cc1OC. The van der Waals surface area contributed by atoms with E-state index in [1.807, 2.05) is 6.07 Å². The Balaban J connectivity index is 1.91. The lowest BCUT2D eigenvalue weighted by Crippen LogP contribution is -2.21. The van der Waals surface area contributed by atoms with Gasteiger partial charge in [-0.1, -0.05) is 35.9 Å². The molecular weight excluding hydrogens is 278 g/mol. The van der Waals surface area contributed by atoms with Crippen LogP contribution < -0.4 is 14.8 Å². The van der Waals surface area contributed by atoms with Crippen molar-refractivity contribution in [2.75, 3.05) is 20.8 Å². The molecule has 0 amide bonds. The summed E-state index contributed by atoms with van der Waals surface area (Å²) in [6, 6.07) is 13.8. The number of ether oxygens (including phenoxy) is 2. The van der Waals surface area contributed by atoms with Crippen LogP contribution in [0.4, 0.5) is 0 Å². The summed E-state index contributed by atoms with van der Waals surface area (Å²) in [5.74, 6) is 1.28. The van der Waals surface area contributed by atoms with Crippen molar-refractivity contribution in [1.82, 2.24) is 5.32 Å². The largest absolute Gasteiger partial charge is 0.493 e. The van der Waals surface area contributed by atoms with Crippen molar-refractivity contribution in [2.24, 2.45) is 0 Å². The Morgan fingerprint density at radius 1 is 1.00 bits per heavy atom. The first-order valence-corrected chi connectivity index (χ1v) is 7.30. The number of benzene rings is 2. The monoisotopic (exact) mass is 301 g/mol. The highest BCUT2D eigenvalue weighted by Crippen LogP contribution is 2.29. The Morgan fingerprint density at radius 3 is 2.32 bits per heavy atom. The fraction of sp³-hybridized carbons (Fsp3) is 0.333. The molecule has 1 unspecified atom stereocenters. The average Bonchev–Trinajstić information content (AvgIpc) is 2.55. The van der Waals surface area contributed by atoms with Crippen molar-refractivity contribution in [1.29, 1.82) is 0 Å². The predicted molar refractivity (Wildman–Crippen MR) is 87.4 cm³/mol. The molecule has 22 heavy (non-hydrogen) atoms. The second-order valence-electron chi connectivity index (χ2n) is 5.25. The third-order valence-electron chi connectivity index (χ3n) is 3.58. The van der Waals surface area contributed by atoms with Crippen molar-refractivity contribution in [2.45, 2.75) is 19.6 Å². The summed E-state index contributed by atoms with van der Waals surface area (Å²) < 4.78 is 10.5. The van der Waals surface area contributed by atoms with Crippen molar-refractivity contribution in [3.8, 4) is 11.5 Å². The minimum atomic E-state index is -0.592. The van der Waals surface area contributed by atoms with Gasteiger partial charge in [0, 0.05) is 13.1 Å². The zero-order valence-electron chi connectivity index (χ0n) is 13.3. The highest BCUT2D eigenvalue weighted by molar-refractivity contribution is 5.43. The number of hydrogen-bond donors (Lipinski definition) is 2. The summed E-state index contributed by atoms with van der Waals surface area (Å²) in [6.07, 6.45) is -0.592. The molecule has 0 saturated carbocycles. The average molecular weight is 301 g/mol. The topological polar surface area (TPSA) is 50.7 Å². The van der Waals surface area contributed by atoms with Gasteiger partial charge in [-0.3, -0.25) is 0 Å². The molecule has 2 aromatic carbocycles. The molecule has 0 aliphatic heterocycles. The summed E-state index contributed by atoms with van der Waals surface area (Å²) in [5.41, 5.74) is 3.24. The third-order valence-corrected chi connectivity index (χ3v) is 3.58. The van der Waals surface area contributed by atoms with Crippen molar-refractivity contribution < 1.29 is 14.6 Å². The van der Waals surface area contributed by atoms with Crippen LogP contribution in [0.5, 0.6) is 11.5 Å². The summed E-state index contributed by atoms with van der Waals surface area (Å²) in [4.78, 5) is 0. The quantitative estimate of drug-likeness (QED) is 0.825. The number of nitrogens with one attached hydrogen (secondary N) is 1. The van der Waals surface area contributed by atoms with E-state index in [1.165, 1.54) is 11.1 Å². The van der Waals surface area contributed by atoms with Crippen molar-refractivity contribution in [3.05, 3.63) is 59.2 Å². The minimum absolute atomic E-state index is 0.476. The van der Waals surface area contributed by atoms with Crippen molar-refractivity contribution in [3.63, 3.8) is 0 Å². The highest BCUT2D eigenvalue weighted by atomic mass is 16.5. The van der Waals surface area contributed by atoms with Crippen LogP contribution in [-0.4, -0.2) is 25.9 Å². The van der Waals surface area contributed by atoms with Crippen LogP contribution in [0.3, 0.4) is 0 Å². The van der Waals surface area contributed by atoms with E-state index < -0.39 is 6.10 Å². The van der Waals surface area contributed by atoms with Gasteiger partial charge in [0.05, 0.1) is 20.3 Å². The molecule has 2 rings (SSSR count). The molecular formula is C18H23NO3. The number of methoxy groups -OCH3 is 2. The van der Waals surface area contributed by atoms with E-state index >= 15 is 0 Å². The summed E-state index contributed by atoms with van der Waals surface area (Å²) in [5, 5.41) is 13.5. The maximum absolute atomic E-state index is 10.3. The first-order chi connectivity index (χ1) is 10.6. The predicted octanol–water partition coefficient (Wildman–Crippen LogP) is 2.84. The van der Waals surface area contributed by atoms with E-state index in [-0.39, 0.29) is 0 Å². The second-order valence-corrected chi connectivity index (χ2v) is 5.25. The first kappa shape index (κ1) is 16.3. The lowest BCUT2D eigenvalue weighted by Gasteiger charge is -2.15. The molecule has 2 N–H and O–H groups in total. The smallest absolute Gasteiger partial charge is 0.161 e. The zero-order chi connectivity index (χ0) is 15.9. The molecule has 1 atom stereocenters. The molecule has 0 aliphatic carbocycles. The van der Waals surface area contributed by atoms with Crippen LogP contribution in [-0.2, 0) is 6.54 Å². The lowest BCUT2D eigenvalue weighted by molar-refractivity contribution is 0.174. The standard InChI is InChI=1S/C18H23NO3/c1-13-4-6-14(7-5-13)11-19-12-16(20)15-8-9-17(21-2)18(10-15)22-3/h4-10,16,19-20H,11-12H2,1-3H3. The van der Waals surface area contributed by atoms with Gasteiger partial charge in [-0.15, -0.1) is 0 Å². The van der Waals surface area contributed by atoms with Gasteiger partial charge in [0.1, 0.15) is 0 Å². The number of hydrogen-bond acceptors (Lipinski definition) is 4. The number of aliphatic hydroxyl groups is 1. The number of rotatable bonds is 7. The Kier molecular flexibility index (Phi) is 5.81. The van der Waals surface area contributed by atoms with Crippen LogP contribution in [0.25, 0.3) is 0 Å². The fourth-order valence-corrected chi connectivity index (χ4v) is 2.24. The van der Waals surface area contributed by atoms with E-state index in [0.29, 0.717) is 18.0 Å². The molecule has 0 aromatic heterocycles. The molecule has 0 aliphatic rings. The van der Waals surface area contributed by atoms with E-state index in [2.05, 4.69) is 36.5 Å². The Labute approximate surface area is 131 Å². The first-order valence-electron chi connectivity index (χ1n) is 7.30. The lowest BCUT2D eigenvalue weighted by atomic mass is 10.1. The van der Waals surface area contributed by atoms with Crippen LogP contribution in [0.15, 0.2) is 42.5 Å². The van der Waals surface area contributed by atoms with Crippen LogP contribution >= 0.6 is 0 Å². The van der Waals surface area contributed by atoms with Gasteiger partial charge >= 0.3 is 0 Å². The summed E-state index contributed by atoms with van der Waals surface area (Å²) >= 11 is 0. The maximum Gasteiger partial charge on any atom is 0.161 e. The summed E-state index contributed by atoms with van der Waals surface area (Å²) in [7, 11) is 3.18. The van der Waals surface area contributed by atoms with Gasteiger partial charge < -0.3 is 19.9 Å². The second kappa shape index (κ2) is 7.82. The third kappa shape index (κ3) is 4.23. The zero-order valence-corrected chi connectivity index (χ0v) is 13.3. The minimum Gasteiger partial charge on any atom is -0.493 e. The van der Waals surface area contributed by atoms with Gasteiger partial charge in [-0.2, -0.15) is 0 Å². The Bertz CT molecular complexity index is 596. The van der Waals surface area contributed by atoms with Gasteiger partial charge in [0.15, 0.2) is 11.5 Å². The van der Waals surface area contributed by atoms with E-state index in [1.54, 1.807) is 26.4 Å². The molecule has 2 aromatic rings.